The predicted octanol–water partition coefficient (Wildman–Crippen LogP) is 6.78. The number of halogens is 1. The number of aromatic nitrogens is 1. The van der Waals surface area contributed by atoms with Crippen LogP contribution in [0, 0.1) is 18.7 Å². The molecule has 1 aliphatic carbocycles. The van der Waals surface area contributed by atoms with Crippen LogP contribution in [0.5, 0.6) is 0 Å². The molecule has 5 heteroatoms. The van der Waals surface area contributed by atoms with E-state index in [1.54, 1.807) is 18.3 Å². The van der Waals surface area contributed by atoms with E-state index in [2.05, 4.69) is 9.88 Å². The van der Waals surface area contributed by atoms with Crippen LogP contribution in [0.3, 0.4) is 0 Å². The monoisotopic (exact) mass is 462 g/mol. The van der Waals surface area contributed by atoms with E-state index in [-0.39, 0.29) is 17.7 Å². The smallest absolute Gasteiger partial charge is 0.145 e. The lowest BCUT2D eigenvalue weighted by atomic mass is 9.79. The predicted molar refractivity (Wildman–Crippen MR) is 133 cm³/mol. The van der Waals surface area contributed by atoms with Gasteiger partial charge in [0, 0.05) is 23.1 Å². The average molecular weight is 463 g/mol. The quantitative estimate of drug-likeness (QED) is 0.388. The van der Waals surface area contributed by atoms with Crippen LogP contribution in [-0.4, -0.2) is 35.3 Å². The molecule has 0 radical (unpaired) electrons. The van der Waals surface area contributed by atoms with E-state index in [1.807, 2.05) is 31.2 Å². The van der Waals surface area contributed by atoms with Crippen LogP contribution in [-0.2, 0) is 4.79 Å². The molecule has 0 N–H and O–H groups in total. The van der Waals surface area contributed by atoms with Crippen molar-refractivity contribution in [3.63, 3.8) is 0 Å². The number of piperidine rings is 1. The second-order valence-corrected chi connectivity index (χ2v) is 10.2. The Kier molecular flexibility index (Phi) is 7.10. The first-order valence-corrected chi connectivity index (χ1v) is 12.9. The highest BCUT2D eigenvalue weighted by atomic mass is 19.1. The number of carbonyl (C=O) groups excluding carboxylic acids is 1. The summed E-state index contributed by atoms with van der Waals surface area (Å²) >= 11 is 0. The summed E-state index contributed by atoms with van der Waals surface area (Å²) in [5, 5.41) is 0.856. The second kappa shape index (κ2) is 10.4. The maximum atomic E-state index is 14.2. The van der Waals surface area contributed by atoms with Crippen molar-refractivity contribution >= 4 is 16.8 Å². The SMILES string of the molecule is Cc1cc2cc(F)cc(C3CCN(CCC(C(=O)C4CCCCC4)c4ccccn4)CC3)c2o1. The van der Waals surface area contributed by atoms with E-state index in [0.717, 1.165) is 79.7 Å². The molecule has 3 aromatic rings. The number of ketones is 1. The van der Waals surface area contributed by atoms with Gasteiger partial charge in [-0.05, 0) is 94.9 Å². The lowest BCUT2D eigenvalue weighted by Crippen LogP contribution is -2.35. The van der Waals surface area contributed by atoms with Gasteiger partial charge in [0.1, 0.15) is 22.9 Å². The van der Waals surface area contributed by atoms with Crippen molar-refractivity contribution in [3.05, 3.63) is 65.4 Å². The van der Waals surface area contributed by atoms with Gasteiger partial charge in [-0.2, -0.15) is 0 Å². The molecular weight excluding hydrogens is 427 g/mol. The Morgan fingerprint density at radius 3 is 2.65 bits per heavy atom. The number of likely N-dealkylation sites (tertiary alicyclic amines) is 1. The molecule has 180 valence electrons. The maximum absolute atomic E-state index is 14.2. The first-order valence-electron chi connectivity index (χ1n) is 12.9. The highest BCUT2D eigenvalue weighted by Crippen LogP contribution is 2.36. The fourth-order valence-electron chi connectivity index (χ4n) is 6.04. The van der Waals surface area contributed by atoms with Gasteiger partial charge < -0.3 is 9.32 Å². The average Bonchev–Trinajstić information content (AvgIpc) is 3.25. The number of hydrogen-bond donors (Lipinski definition) is 0. The molecule has 1 saturated carbocycles. The first-order chi connectivity index (χ1) is 16.6. The summed E-state index contributed by atoms with van der Waals surface area (Å²) in [6.07, 6.45) is 10.2. The number of aryl methyl sites for hydroxylation is 1. The lowest BCUT2D eigenvalue weighted by molar-refractivity contribution is -0.125. The van der Waals surface area contributed by atoms with E-state index in [4.69, 9.17) is 4.42 Å². The molecule has 1 unspecified atom stereocenters. The minimum atomic E-state index is -0.190. The summed E-state index contributed by atoms with van der Waals surface area (Å²) in [6, 6.07) is 11.1. The molecule has 4 nitrogen and oxygen atoms in total. The fraction of sp³-hybridized carbons (Fsp3) is 0.517. The number of nitrogens with zero attached hydrogens (tertiary/aromatic N) is 2. The van der Waals surface area contributed by atoms with Crippen LogP contribution in [0.1, 0.15) is 80.2 Å². The van der Waals surface area contributed by atoms with Gasteiger partial charge >= 0.3 is 0 Å². The zero-order valence-electron chi connectivity index (χ0n) is 20.1. The van der Waals surface area contributed by atoms with Gasteiger partial charge in [-0.25, -0.2) is 4.39 Å². The highest BCUT2D eigenvalue weighted by molar-refractivity contribution is 5.87. The third kappa shape index (κ3) is 5.10. The molecular formula is C29H35FN2O2. The fourth-order valence-corrected chi connectivity index (χ4v) is 6.04. The molecule has 1 atom stereocenters. The first kappa shape index (κ1) is 23.2. The Bertz CT molecular complexity index is 1110. The molecule has 0 spiro atoms. The molecule has 1 aromatic carbocycles. The molecule has 3 heterocycles. The van der Waals surface area contributed by atoms with Crippen molar-refractivity contribution in [3.8, 4) is 0 Å². The Morgan fingerprint density at radius 2 is 1.91 bits per heavy atom. The van der Waals surface area contributed by atoms with Crippen molar-refractivity contribution in [1.82, 2.24) is 9.88 Å². The van der Waals surface area contributed by atoms with Crippen molar-refractivity contribution < 1.29 is 13.6 Å². The van der Waals surface area contributed by atoms with E-state index in [1.165, 1.54) is 19.3 Å². The zero-order chi connectivity index (χ0) is 23.5. The van der Waals surface area contributed by atoms with Gasteiger partial charge in [-0.15, -0.1) is 0 Å². The minimum absolute atomic E-state index is 0.115. The molecule has 2 fully saturated rings. The number of carbonyl (C=O) groups is 1. The van der Waals surface area contributed by atoms with E-state index in [9.17, 15) is 9.18 Å². The van der Waals surface area contributed by atoms with Crippen LogP contribution in [0.15, 0.2) is 47.0 Å². The van der Waals surface area contributed by atoms with Gasteiger partial charge in [0.2, 0.25) is 0 Å². The normalized spacial score (nSPS) is 19.5. The number of pyridine rings is 1. The van der Waals surface area contributed by atoms with E-state index in [0.29, 0.717) is 11.7 Å². The number of fused-ring (bicyclic) bond motifs is 1. The summed E-state index contributed by atoms with van der Waals surface area (Å²) in [7, 11) is 0. The Labute approximate surface area is 201 Å². The van der Waals surface area contributed by atoms with Crippen LogP contribution in [0.4, 0.5) is 4.39 Å². The topological polar surface area (TPSA) is 46.3 Å². The zero-order valence-corrected chi connectivity index (χ0v) is 20.1. The van der Waals surface area contributed by atoms with E-state index < -0.39 is 0 Å². The number of Topliss-reactive ketones (excluding diaryl/α,β-unsaturated/α-hetero) is 1. The molecule has 0 bridgehead atoms. The standard InChI is InChI=1S/C29H35FN2O2/c1-20-17-23-18-24(30)19-26(29(23)34-20)21-10-14-32(15-11-21)16-12-25(27-9-5-6-13-31-27)28(33)22-7-3-2-4-8-22/h5-6,9,13,17-19,21-22,25H,2-4,7-8,10-12,14-16H2,1H3. The largest absolute Gasteiger partial charge is 0.461 e. The maximum Gasteiger partial charge on any atom is 0.145 e. The summed E-state index contributed by atoms with van der Waals surface area (Å²) < 4.78 is 20.2. The van der Waals surface area contributed by atoms with Gasteiger partial charge in [-0.3, -0.25) is 9.78 Å². The van der Waals surface area contributed by atoms with Crippen LogP contribution in [0.25, 0.3) is 11.0 Å². The Hall–Kier alpha value is -2.53. The number of benzene rings is 1. The van der Waals surface area contributed by atoms with Crippen LogP contribution < -0.4 is 0 Å². The van der Waals surface area contributed by atoms with Crippen molar-refractivity contribution in [2.75, 3.05) is 19.6 Å². The van der Waals surface area contributed by atoms with Crippen LogP contribution >= 0.6 is 0 Å². The van der Waals surface area contributed by atoms with E-state index >= 15 is 0 Å². The van der Waals surface area contributed by atoms with Crippen LogP contribution in [0.2, 0.25) is 0 Å². The highest BCUT2D eigenvalue weighted by Gasteiger charge is 2.31. The minimum Gasteiger partial charge on any atom is -0.461 e. The number of hydrogen-bond acceptors (Lipinski definition) is 4. The molecule has 5 rings (SSSR count). The summed E-state index contributed by atoms with van der Waals surface area (Å²) in [6.45, 7) is 4.71. The number of rotatable bonds is 7. The Balaban J connectivity index is 1.23. The molecule has 2 aromatic heterocycles. The third-order valence-corrected chi connectivity index (χ3v) is 7.89. The molecule has 1 aliphatic heterocycles. The Morgan fingerprint density at radius 1 is 1.12 bits per heavy atom. The van der Waals surface area contributed by atoms with Gasteiger partial charge in [0.05, 0.1) is 11.6 Å². The van der Waals surface area contributed by atoms with Gasteiger partial charge in [-0.1, -0.05) is 25.3 Å². The second-order valence-electron chi connectivity index (χ2n) is 10.2. The van der Waals surface area contributed by atoms with Gasteiger partial charge in [0.25, 0.3) is 0 Å². The van der Waals surface area contributed by atoms with Crippen molar-refractivity contribution in [2.24, 2.45) is 5.92 Å². The summed E-state index contributed by atoms with van der Waals surface area (Å²) in [4.78, 5) is 20.5. The summed E-state index contributed by atoms with van der Waals surface area (Å²) in [5.41, 5.74) is 2.76. The van der Waals surface area contributed by atoms with Gasteiger partial charge in [0.15, 0.2) is 0 Å². The summed E-state index contributed by atoms with van der Waals surface area (Å²) in [5.74, 6) is 1.40. The molecule has 34 heavy (non-hydrogen) atoms. The van der Waals surface area contributed by atoms with Crippen molar-refractivity contribution in [2.45, 2.75) is 70.1 Å². The molecule has 2 aliphatic rings. The lowest BCUT2D eigenvalue weighted by Gasteiger charge is -2.33. The van der Waals surface area contributed by atoms with Crippen molar-refractivity contribution in [1.29, 1.82) is 0 Å². The third-order valence-electron chi connectivity index (χ3n) is 7.89. The molecule has 0 amide bonds. The molecule has 1 saturated heterocycles. The number of furan rings is 1.